The lowest BCUT2D eigenvalue weighted by Crippen LogP contribution is -2.55. The van der Waals surface area contributed by atoms with E-state index in [4.69, 9.17) is 27.9 Å². The second kappa shape index (κ2) is 8.53. The van der Waals surface area contributed by atoms with Crippen molar-refractivity contribution in [1.29, 1.82) is 0 Å². The fourth-order valence-electron chi connectivity index (χ4n) is 3.33. The van der Waals surface area contributed by atoms with Crippen LogP contribution in [-0.4, -0.2) is 68.6 Å². The first-order valence-electron chi connectivity index (χ1n) is 8.92. The molecule has 2 fully saturated rings. The summed E-state index contributed by atoms with van der Waals surface area (Å²) in [5.74, 6) is 0. The molecule has 1 aromatic carbocycles. The SMILES string of the molecule is CC(NC(=O)N1CCN(S(=O)(=O)c2cccc(Cl)c2Cl)CC1)C1CCCO1. The highest BCUT2D eigenvalue weighted by atomic mass is 35.5. The number of amides is 2. The minimum Gasteiger partial charge on any atom is -0.376 e. The number of sulfonamides is 1. The third kappa shape index (κ3) is 4.51. The molecule has 1 aromatic rings. The van der Waals surface area contributed by atoms with Crippen molar-refractivity contribution < 1.29 is 17.9 Å². The minimum atomic E-state index is -3.76. The summed E-state index contributed by atoms with van der Waals surface area (Å²) in [4.78, 5) is 14.1. The molecule has 0 aromatic heterocycles. The molecule has 2 amide bonds. The first-order valence-corrected chi connectivity index (χ1v) is 11.1. The number of benzene rings is 1. The molecule has 1 N–H and O–H groups in total. The Morgan fingerprint density at radius 3 is 2.59 bits per heavy atom. The zero-order chi connectivity index (χ0) is 19.6. The number of hydrogen-bond donors (Lipinski definition) is 1. The van der Waals surface area contributed by atoms with E-state index in [-0.39, 0.29) is 46.2 Å². The molecule has 3 rings (SSSR count). The van der Waals surface area contributed by atoms with Gasteiger partial charge in [-0.15, -0.1) is 0 Å². The number of carbonyl (C=O) groups excluding carboxylic acids is 1. The Labute approximate surface area is 169 Å². The van der Waals surface area contributed by atoms with Crippen LogP contribution in [0, 0.1) is 0 Å². The summed E-state index contributed by atoms with van der Waals surface area (Å²) < 4.78 is 32.6. The summed E-state index contributed by atoms with van der Waals surface area (Å²) >= 11 is 12.0. The van der Waals surface area contributed by atoms with Gasteiger partial charge < -0.3 is 15.0 Å². The van der Waals surface area contributed by atoms with E-state index in [1.807, 2.05) is 6.92 Å². The van der Waals surface area contributed by atoms with Crippen LogP contribution in [-0.2, 0) is 14.8 Å². The molecular formula is C17H23Cl2N3O4S. The average molecular weight is 436 g/mol. The number of rotatable bonds is 4. The van der Waals surface area contributed by atoms with Crippen LogP contribution in [0.4, 0.5) is 4.79 Å². The summed E-state index contributed by atoms with van der Waals surface area (Å²) in [5.41, 5.74) is 0. The summed E-state index contributed by atoms with van der Waals surface area (Å²) in [5, 5.41) is 3.16. The molecule has 2 unspecified atom stereocenters. The van der Waals surface area contributed by atoms with Gasteiger partial charge in [-0.3, -0.25) is 0 Å². The van der Waals surface area contributed by atoms with Gasteiger partial charge >= 0.3 is 6.03 Å². The van der Waals surface area contributed by atoms with Gasteiger partial charge in [0.2, 0.25) is 10.0 Å². The smallest absolute Gasteiger partial charge is 0.317 e. The number of carbonyl (C=O) groups is 1. The van der Waals surface area contributed by atoms with E-state index in [1.54, 1.807) is 17.0 Å². The summed E-state index contributed by atoms with van der Waals surface area (Å²) in [6.07, 6.45) is 1.99. The van der Waals surface area contributed by atoms with Crippen molar-refractivity contribution in [2.24, 2.45) is 0 Å². The summed E-state index contributed by atoms with van der Waals surface area (Å²) in [6, 6.07) is 4.26. The Morgan fingerprint density at radius 1 is 1.26 bits per heavy atom. The maximum Gasteiger partial charge on any atom is 0.317 e. The lowest BCUT2D eigenvalue weighted by Gasteiger charge is -2.35. The second-order valence-electron chi connectivity index (χ2n) is 6.73. The van der Waals surface area contributed by atoms with Crippen LogP contribution in [0.25, 0.3) is 0 Å². The van der Waals surface area contributed by atoms with Crippen molar-refractivity contribution in [2.75, 3.05) is 32.8 Å². The number of urea groups is 1. The quantitative estimate of drug-likeness (QED) is 0.787. The highest BCUT2D eigenvalue weighted by Gasteiger charge is 2.33. The maximum absolute atomic E-state index is 12.8. The molecule has 2 atom stereocenters. The van der Waals surface area contributed by atoms with Crippen LogP contribution in [0.1, 0.15) is 19.8 Å². The Balaban J connectivity index is 1.59. The summed E-state index contributed by atoms with van der Waals surface area (Å²) in [7, 11) is -3.76. The molecule has 2 aliphatic rings. The third-order valence-corrected chi connectivity index (χ3v) is 7.81. The first-order chi connectivity index (χ1) is 12.8. The van der Waals surface area contributed by atoms with Crippen LogP contribution < -0.4 is 5.32 Å². The maximum atomic E-state index is 12.8. The minimum absolute atomic E-state index is 0.0124. The summed E-state index contributed by atoms with van der Waals surface area (Å²) in [6.45, 7) is 3.67. The van der Waals surface area contributed by atoms with Gasteiger partial charge in [0.25, 0.3) is 0 Å². The topological polar surface area (TPSA) is 79.0 Å². The van der Waals surface area contributed by atoms with Gasteiger partial charge in [0.15, 0.2) is 0 Å². The van der Waals surface area contributed by atoms with Crippen molar-refractivity contribution in [3.8, 4) is 0 Å². The van der Waals surface area contributed by atoms with E-state index in [0.29, 0.717) is 13.1 Å². The predicted octanol–water partition coefficient (Wildman–Crippen LogP) is 2.58. The largest absolute Gasteiger partial charge is 0.376 e. The van der Waals surface area contributed by atoms with E-state index in [0.717, 1.165) is 19.4 Å². The van der Waals surface area contributed by atoms with Crippen molar-refractivity contribution >= 4 is 39.3 Å². The zero-order valence-electron chi connectivity index (χ0n) is 15.0. The predicted molar refractivity (Wildman–Crippen MR) is 104 cm³/mol. The van der Waals surface area contributed by atoms with Gasteiger partial charge in [-0.05, 0) is 31.9 Å². The van der Waals surface area contributed by atoms with Gasteiger partial charge in [-0.2, -0.15) is 4.31 Å². The Hall–Kier alpha value is -1.06. The number of piperazine rings is 1. The lowest BCUT2D eigenvalue weighted by molar-refractivity contribution is 0.0821. The van der Waals surface area contributed by atoms with Crippen molar-refractivity contribution in [3.63, 3.8) is 0 Å². The highest BCUT2D eigenvalue weighted by molar-refractivity contribution is 7.89. The molecule has 2 saturated heterocycles. The molecule has 0 radical (unpaired) electrons. The van der Waals surface area contributed by atoms with Gasteiger partial charge in [0.1, 0.15) is 4.90 Å². The zero-order valence-corrected chi connectivity index (χ0v) is 17.4. The molecule has 150 valence electrons. The fourth-order valence-corrected chi connectivity index (χ4v) is 5.49. The number of nitrogens with zero attached hydrogens (tertiary/aromatic N) is 2. The van der Waals surface area contributed by atoms with Crippen molar-refractivity contribution in [3.05, 3.63) is 28.2 Å². The molecule has 27 heavy (non-hydrogen) atoms. The standard InChI is InChI=1S/C17H23Cl2N3O4S/c1-12(14-5-3-11-26-14)20-17(23)21-7-9-22(10-8-21)27(24,25)15-6-2-4-13(18)16(15)19/h2,4,6,12,14H,3,5,7-11H2,1H3,(H,20,23). The Kier molecular flexibility index (Phi) is 6.53. The Morgan fingerprint density at radius 2 is 1.96 bits per heavy atom. The molecule has 2 aliphatic heterocycles. The monoisotopic (exact) mass is 435 g/mol. The van der Waals surface area contributed by atoms with Crippen LogP contribution in [0.5, 0.6) is 0 Å². The normalized spacial score (nSPS) is 22.6. The molecule has 2 heterocycles. The van der Waals surface area contributed by atoms with E-state index in [9.17, 15) is 13.2 Å². The number of nitrogens with one attached hydrogen (secondary N) is 1. The average Bonchev–Trinajstić information content (AvgIpc) is 3.19. The molecular weight excluding hydrogens is 413 g/mol. The second-order valence-corrected chi connectivity index (χ2v) is 9.42. The first kappa shape index (κ1) is 20.7. The number of ether oxygens (including phenoxy) is 1. The van der Waals surface area contributed by atoms with Gasteiger partial charge in [-0.1, -0.05) is 29.3 Å². The molecule has 10 heteroatoms. The highest BCUT2D eigenvalue weighted by Crippen LogP contribution is 2.31. The molecule has 0 bridgehead atoms. The van der Waals surface area contributed by atoms with E-state index in [1.165, 1.54) is 10.4 Å². The lowest BCUT2D eigenvalue weighted by atomic mass is 10.1. The molecule has 0 aliphatic carbocycles. The molecule has 0 spiro atoms. The Bertz CT molecular complexity index is 791. The van der Waals surface area contributed by atoms with Crippen molar-refractivity contribution in [2.45, 2.75) is 36.8 Å². The van der Waals surface area contributed by atoms with E-state index < -0.39 is 10.0 Å². The third-order valence-electron chi connectivity index (χ3n) is 4.93. The molecule has 0 saturated carbocycles. The number of halogens is 2. The van der Waals surface area contributed by atoms with E-state index >= 15 is 0 Å². The molecule has 7 nitrogen and oxygen atoms in total. The van der Waals surface area contributed by atoms with Crippen molar-refractivity contribution in [1.82, 2.24) is 14.5 Å². The van der Waals surface area contributed by atoms with E-state index in [2.05, 4.69) is 5.32 Å². The van der Waals surface area contributed by atoms with Crippen LogP contribution in [0.15, 0.2) is 23.1 Å². The van der Waals surface area contributed by atoms with Crippen LogP contribution >= 0.6 is 23.2 Å². The van der Waals surface area contributed by atoms with Crippen LogP contribution in [0.3, 0.4) is 0 Å². The van der Waals surface area contributed by atoms with Gasteiger partial charge in [0, 0.05) is 32.8 Å². The number of hydrogen-bond acceptors (Lipinski definition) is 4. The van der Waals surface area contributed by atoms with Gasteiger partial charge in [0.05, 0.1) is 22.2 Å². The fraction of sp³-hybridized carbons (Fsp3) is 0.588. The van der Waals surface area contributed by atoms with Gasteiger partial charge in [-0.25, -0.2) is 13.2 Å². The van der Waals surface area contributed by atoms with Crippen LogP contribution in [0.2, 0.25) is 10.0 Å².